The minimum Gasteiger partial charge on any atom is -0.497 e. The zero-order valence-corrected chi connectivity index (χ0v) is 12.8. The number of ether oxygens (including phenoxy) is 2. The highest BCUT2D eigenvalue weighted by atomic mass is 35.5. The molecule has 5 heteroatoms. The van der Waals surface area contributed by atoms with E-state index in [-0.39, 0.29) is 5.91 Å². The first-order valence-electron chi connectivity index (χ1n) is 6.83. The van der Waals surface area contributed by atoms with Crippen LogP contribution in [0.15, 0.2) is 18.2 Å². The van der Waals surface area contributed by atoms with E-state index in [0.717, 1.165) is 29.9 Å². The van der Waals surface area contributed by atoms with Crippen molar-refractivity contribution < 1.29 is 14.3 Å². The van der Waals surface area contributed by atoms with Gasteiger partial charge in [-0.1, -0.05) is 13.3 Å². The molecule has 1 N–H and O–H groups in total. The van der Waals surface area contributed by atoms with Gasteiger partial charge >= 0.3 is 0 Å². The van der Waals surface area contributed by atoms with Crippen LogP contribution in [0.5, 0.6) is 11.5 Å². The minimum absolute atomic E-state index is 0.0599. The Bertz CT molecular complexity index is 424. The summed E-state index contributed by atoms with van der Waals surface area (Å²) in [4.78, 5) is 11.5. The monoisotopic (exact) mass is 299 g/mol. The van der Waals surface area contributed by atoms with E-state index in [1.54, 1.807) is 7.11 Å². The van der Waals surface area contributed by atoms with Crippen molar-refractivity contribution in [2.45, 2.75) is 32.7 Å². The van der Waals surface area contributed by atoms with Crippen molar-refractivity contribution in [3.63, 3.8) is 0 Å². The fraction of sp³-hybridized carbons (Fsp3) is 0.533. The lowest BCUT2D eigenvalue weighted by Crippen LogP contribution is -2.23. The van der Waals surface area contributed by atoms with Crippen LogP contribution in [-0.4, -0.2) is 25.5 Å². The van der Waals surface area contributed by atoms with Gasteiger partial charge in [0.05, 0.1) is 13.7 Å². The molecular formula is C15H22ClNO3. The summed E-state index contributed by atoms with van der Waals surface area (Å²) in [5.74, 6) is 1.76. The minimum atomic E-state index is -0.0599. The smallest absolute Gasteiger partial charge is 0.221 e. The van der Waals surface area contributed by atoms with Crippen molar-refractivity contribution in [3.8, 4) is 11.5 Å². The Balaban J connectivity index is 2.69. The van der Waals surface area contributed by atoms with Crippen molar-refractivity contribution in [2.24, 2.45) is 0 Å². The number of nitrogens with one attached hydrogen (secondary N) is 1. The summed E-state index contributed by atoms with van der Waals surface area (Å²) in [6.45, 7) is 3.20. The van der Waals surface area contributed by atoms with Gasteiger partial charge in [0.15, 0.2) is 0 Å². The van der Waals surface area contributed by atoms with E-state index in [9.17, 15) is 4.79 Å². The summed E-state index contributed by atoms with van der Waals surface area (Å²) in [5, 5.41) is 2.82. The Kier molecular flexibility index (Phi) is 7.88. The quantitative estimate of drug-likeness (QED) is 0.563. The average molecular weight is 300 g/mol. The van der Waals surface area contributed by atoms with Crippen LogP contribution in [0.3, 0.4) is 0 Å². The Hall–Kier alpha value is -1.42. The van der Waals surface area contributed by atoms with Gasteiger partial charge in [-0.2, -0.15) is 0 Å². The Morgan fingerprint density at radius 3 is 2.85 bits per heavy atom. The SMILES string of the molecule is CCCCOc1cc(OC)ccc1CNC(=O)CCCl. The first kappa shape index (κ1) is 16.6. The van der Waals surface area contributed by atoms with Gasteiger partial charge in [0, 0.05) is 30.5 Å². The van der Waals surface area contributed by atoms with Crippen LogP contribution in [0.1, 0.15) is 31.7 Å². The molecule has 0 bridgehead atoms. The molecular weight excluding hydrogens is 278 g/mol. The second kappa shape index (κ2) is 9.48. The zero-order valence-electron chi connectivity index (χ0n) is 12.1. The highest BCUT2D eigenvalue weighted by Crippen LogP contribution is 2.25. The topological polar surface area (TPSA) is 47.6 Å². The Labute approximate surface area is 125 Å². The van der Waals surface area contributed by atoms with Crippen molar-refractivity contribution >= 4 is 17.5 Å². The summed E-state index contributed by atoms with van der Waals surface area (Å²) in [5.41, 5.74) is 0.935. The molecule has 4 nitrogen and oxygen atoms in total. The van der Waals surface area contributed by atoms with Crippen LogP contribution in [0.25, 0.3) is 0 Å². The largest absolute Gasteiger partial charge is 0.497 e. The summed E-state index contributed by atoms with van der Waals surface area (Å²) >= 11 is 5.53. The number of benzene rings is 1. The van der Waals surface area contributed by atoms with E-state index in [0.29, 0.717) is 25.5 Å². The molecule has 0 saturated heterocycles. The van der Waals surface area contributed by atoms with Crippen LogP contribution in [0, 0.1) is 0 Å². The van der Waals surface area contributed by atoms with Gasteiger partial charge in [0.2, 0.25) is 5.91 Å². The van der Waals surface area contributed by atoms with E-state index in [1.807, 2.05) is 18.2 Å². The maximum absolute atomic E-state index is 11.5. The van der Waals surface area contributed by atoms with Gasteiger partial charge in [-0.3, -0.25) is 4.79 Å². The van der Waals surface area contributed by atoms with Crippen LogP contribution in [0.2, 0.25) is 0 Å². The van der Waals surface area contributed by atoms with Crippen LogP contribution >= 0.6 is 11.6 Å². The van der Waals surface area contributed by atoms with E-state index in [2.05, 4.69) is 12.2 Å². The lowest BCUT2D eigenvalue weighted by molar-refractivity contribution is -0.120. The van der Waals surface area contributed by atoms with E-state index in [4.69, 9.17) is 21.1 Å². The molecule has 0 aliphatic heterocycles. The summed E-state index contributed by atoms with van der Waals surface area (Å²) in [6.07, 6.45) is 2.39. The maximum atomic E-state index is 11.5. The van der Waals surface area contributed by atoms with Crippen molar-refractivity contribution in [1.82, 2.24) is 5.32 Å². The number of rotatable bonds is 9. The molecule has 0 aliphatic rings. The van der Waals surface area contributed by atoms with Crippen molar-refractivity contribution in [1.29, 1.82) is 0 Å². The molecule has 1 aromatic rings. The third-order valence-corrected chi connectivity index (χ3v) is 3.02. The number of hydrogen-bond donors (Lipinski definition) is 1. The van der Waals surface area contributed by atoms with Crippen molar-refractivity contribution in [2.75, 3.05) is 19.6 Å². The fourth-order valence-electron chi connectivity index (χ4n) is 1.64. The molecule has 0 aromatic heterocycles. The lowest BCUT2D eigenvalue weighted by Gasteiger charge is -2.13. The number of alkyl halides is 1. The number of hydrogen-bond acceptors (Lipinski definition) is 3. The van der Waals surface area contributed by atoms with Gasteiger partial charge < -0.3 is 14.8 Å². The molecule has 0 atom stereocenters. The van der Waals surface area contributed by atoms with E-state index >= 15 is 0 Å². The molecule has 0 radical (unpaired) electrons. The number of unbranched alkanes of at least 4 members (excludes halogenated alkanes) is 1. The third-order valence-electron chi connectivity index (χ3n) is 2.83. The summed E-state index contributed by atoms with van der Waals surface area (Å²) in [7, 11) is 1.62. The van der Waals surface area contributed by atoms with Gasteiger partial charge in [-0.05, 0) is 18.6 Å². The number of halogens is 1. The average Bonchev–Trinajstić information content (AvgIpc) is 2.46. The lowest BCUT2D eigenvalue weighted by atomic mass is 10.2. The molecule has 0 aliphatic carbocycles. The molecule has 0 unspecified atom stereocenters. The van der Waals surface area contributed by atoms with E-state index < -0.39 is 0 Å². The molecule has 112 valence electrons. The third kappa shape index (κ3) is 5.70. The zero-order chi connectivity index (χ0) is 14.8. The van der Waals surface area contributed by atoms with E-state index in [1.165, 1.54) is 0 Å². The van der Waals surface area contributed by atoms with Gasteiger partial charge in [-0.25, -0.2) is 0 Å². The van der Waals surface area contributed by atoms with Crippen LogP contribution in [-0.2, 0) is 11.3 Å². The Morgan fingerprint density at radius 2 is 2.20 bits per heavy atom. The molecule has 1 aromatic carbocycles. The molecule has 1 rings (SSSR count). The second-order valence-electron chi connectivity index (χ2n) is 4.39. The summed E-state index contributed by atoms with van der Waals surface area (Å²) < 4.78 is 11.0. The second-order valence-corrected chi connectivity index (χ2v) is 4.77. The fourth-order valence-corrected chi connectivity index (χ4v) is 1.81. The Morgan fingerprint density at radius 1 is 1.40 bits per heavy atom. The number of carbonyl (C=O) groups is 1. The van der Waals surface area contributed by atoms with Gasteiger partial charge in [0.1, 0.15) is 11.5 Å². The van der Waals surface area contributed by atoms with Gasteiger partial charge in [-0.15, -0.1) is 11.6 Å². The van der Waals surface area contributed by atoms with Crippen LogP contribution in [0.4, 0.5) is 0 Å². The number of methoxy groups -OCH3 is 1. The van der Waals surface area contributed by atoms with Crippen LogP contribution < -0.4 is 14.8 Å². The van der Waals surface area contributed by atoms with Gasteiger partial charge in [0.25, 0.3) is 0 Å². The molecule has 0 spiro atoms. The molecule has 1 amide bonds. The maximum Gasteiger partial charge on any atom is 0.221 e. The molecule has 0 saturated carbocycles. The highest BCUT2D eigenvalue weighted by Gasteiger charge is 2.08. The van der Waals surface area contributed by atoms with Crippen molar-refractivity contribution in [3.05, 3.63) is 23.8 Å². The molecule has 20 heavy (non-hydrogen) atoms. The predicted octanol–water partition coefficient (Wildman–Crippen LogP) is 3.12. The predicted molar refractivity (Wildman–Crippen MR) is 80.6 cm³/mol. The first-order valence-corrected chi connectivity index (χ1v) is 7.37. The highest BCUT2D eigenvalue weighted by molar-refractivity contribution is 6.18. The number of carbonyl (C=O) groups excluding carboxylic acids is 1. The molecule has 0 fully saturated rings. The number of amides is 1. The normalized spacial score (nSPS) is 10.2. The molecule has 0 heterocycles. The standard InChI is InChI=1S/C15H22ClNO3/c1-3-4-9-20-14-10-13(19-2)6-5-12(14)11-17-15(18)7-8-16/h5-6,10H,3-4,7-9,11H2,1-2H3,(H,17,18). The summed E-state index contributed by atoms with van der Waals surface area (Å²) in [6, 6.07) is 5.61. The first-order chi connectivity index (χ1) is 9.71.